The zero-order valence-electron chi connectivity index (χ0n) is 13.6. The number of phenols is 1. The van der Waals surface area contributed by atoms with Gasteiger partial charge in [-0.15, -0.1) is 0 Å². The normalized spacial score (nSPS) is 16.8. The van der Waals surface area contributed by atoms with Crippen molar-refractivity contribution in [2.75, 3.05) is 12.4 Å². The largest absolute Gasteiger partial charge is 0.504 e. The van der Waals surface area contributed by atoms with Gasteiger partial charge in [0, 0.05) is 23.4 Å². The number of benzene rings is 2. The second-order valence-electron chi connectivity index (χ2n) is 6.05. The zero-order chi connectivity index (χ0) is 17.4. The van der Waals surface area contributed by atoms with Crippen molar-refractivity contribution in [2.45, 2.75) is 12.3 Å². The molecule has 6 nitrogen and oxygen atoms in total. The van der Waals surface area contributed by atoms with E-state index in [2.05, 4.69) is 21.6 Å². The van der Waals surface area contributed by atoms with Crippen LogP contribution in [0.5, 0.6) is 11.5 Å². The molecule has 0 radical (unpaired) electrons. The molecule has 126 valence electrons. The lowest BCUT2D eigenvalue weighted by atomic mass is 9.89. The summed E-state index contributed by atoms with van der Waals surface area (Å²) in [7, 11) is 1.51. The monoisotopic (exact) mass is 335 g/mol. The number of hydrogen-bond donors (Lipinski definition) is 3. The van der Waals surface area contributed by atoms with Gasteiger partial charge in [0.25, 0.3) is 0 Å². The number of allylic oxidation sites excluding steroid dienone is 1. The van der Waals surface area contributed by atoms with Crippen LogP contribution in [0.4, 0.5) is 5.69 Å². The van der Waals surface area contributed by atoms with Crippen LogP contribution < -0.4 is 10.1 Å². The smallest absolute Gasteiger partial charge is 0.225 e. The minimum Gasteiger partial charge on any atom is -0.504 e. The number of aromatic hydroxyl groups is 1. The molecule has 4 rings (SSSR count). The Hall–Kier alpha value is -3.28. The summed E-state index contributed by atoms with van der Waals surface area (Å²) in [6.45, 7) is 0. The summed E-state index contributed by atoms with van der Waals surface area (Å²) in [5.74, 6) is 0.487. The van der Waals surface area contributed by atoms with Crippen LogP contribution in [0.2, 0.25) is 0 Å². The van der Waals surface area contributed by atoms with Gasteiger partial charge in [-0.05, 0) is 35.4 Å². The van der Waals surface area contributed by atoms with Crippen molar-refractivity contribution in [1.29, 1.82) is 0 Å². The molecule has 1 aliphatic rings. The van der Waals surface area contributed by atoms with Gasteiger partial charge in [0.15, 0.2) is 11.5 Å². The van der Waals surface area contributed by atoms with Crippen LogP contribution in [-0.2, 0) is 4.79 Å². The molecule has 3 N–H and O–H groups in total. The first-order valence-corrected chi connectivity index (χ1v) is 7.96. The molecule has 1 unspecified atom stereocenters. The molecule has 1 atom stereocenters. The molecule has 0 saturated carbocycles. The minimum atomic E-state index is -0.0251. The molecular formula is C19H17N3O3. The topological polar surface area (TPSA) is 87.2 Å². The van der Waals surface area contributed by atoms with Crippen LogP contribution in [0.1, 0.15) is 23.5 Å². The number of carbonyl (C=O) groups is 1. The third-order valence-corrected chi connectivity index (χ3v) is 4.41. The van der Waals surface area contributed by atoms with Gasteiger partial charge in [-0.1, -0.05) is 18.2 Å². The maximum atomic E-state index is 12.0. The summed E-state index contributed by atoms with van der Waals surface area (Å²) in [6, 6.07) is 9.13. The van der Waals surface area contributed by atoms with Gasteiger partial charge in [-0.25, -0.2) is 0 Å². The Bertz CT molecular complexity index is 991. The number of nitrogens with one attached hydrogen (secondary N) is 2. The highest BCUT2D eigenvalue weighted by Crippen LogP contribution is 2.36. The molecular weight excluding hydrogens is 318 g/mol. The third kappa shape index (κ3) is 2.82. The molecule has 3 aromatic rings. The number of aromatic amines is 1. The quantitative estimate of drug-likeness (QED) is 0.684. The standard InChI is InChI=1S/C19H17N3O3/c1-25-18-6-11(3-5-17(18)23)2-4-12-8-19(24)21-16-9-15-13(7-14(12)16)10-20-22-15/h2-7,9-10,12,23H,8H2,1H3,(H,20,22)(H,21,24)/b4-2+. The third-order valence-electron chi connectivity index (χ3n) is 4.41. The number of methoxy groups -OCH3 is 1. The van der Waals surface area contributed by atoms with E-state index in [9.17, 15) is 9.90 Å². The van der Waals surface area contributed by atoms with Crippen molar-refractivity contribution >= 4 is 28.6 Å². The molecule has 0 bridgehead atoms. The maximum Gasteiger partial charge on any atom is 0.225 e. The number of anilines is 1. The zero-order valence-corrected chi connectivity index (χ0v) is 13.6. The van der Waals surface area contributed by atoms with Gasteiger partial charge in [0.05, 0.1) is 18.8 Å². The van der Waals surface area contributed by atoms with Crippen LogP contribution in [0.3, 0.4) is 0 Å². The fourth-order valence-electron chi connectivity index (χ4n) is 3.13. The van der Waals surface area contributed by atoms with Gasteiger partial charge in [0.1, 0.15) is 0 Å². The van der Waals surface area contributed by atoms with E-state index in [0.29, 0.717) is 12.2 Å². The number of carbonyl (C=O) groups excluding carboxylic acids is 1. The predicted molar refractivity (Wildman–Crippen MR) is 95.8 cm³/mol. The van der Waals surface area contributed by atoms with Crippen LogP contribution in [0.15, 0.2) is 42.6 Å². The lowest BCUT2D eigenvalue weighted by molar-refractivity contribution is -0.116. The van der Waals surface area contributed by atoms with Crippen molar-refractivity contribution in [2.24, 2.45) is 0 Å². The van der Waals surface area contributed by atoms with E-state index in [4.69, 9.17) is 4.74 Å². The van der Waals surface area contributed by atoms with Gasteiger partial charge in [0.2, 0.25) is 5.91 Å². The molecule has 1 aliphatic heterocycles. The van der Waals surface area contributed by atoms with Crippen LogP contribution in [-0.4, -0.2) is 28.3 Å². The number of phenolic OH excluding ortho intramolecular Hbond substituents is 1. The number of aromatic nitrogens is 2. The Morgan fingerprint density at radius 2 is 2.20 bits per heavy atom. The predicted octanol–water partition coefficient (Wildman–Crippen LogP) is 3.42. The van der Waals surface area contributed by atoms with Crippen LogP contribution in [0, 0.1) is 0 Å². The fourth-order valence-corrected chi connectivity index (χ4v) is 3.13. The van der Waals surface area contributed by atoms with E-state index in [-0.39, 0.29) is 17.6 Å². The van der Waals surface area contributed by atoms with E-state index in [1.807, 2.05) is 18.2 Å². The first-order valence-electron chi connectivity index (χ1n) is 7.96. The molecule has 1 amide bonds. The lowest BCUT2D eigenvalue weighted by Crippen LogP contribution is -2.21. The Labute approximate surface area is 144 Å². The van der Waals surface area contributed by atoms with Crippen molar-refractivity contribution in [1.82, 2.24) is 10.2 Å². The Morgan fingerprint density at radius 1 is 1.32 bits per heavy atom. The Morgan fingerprint density at radius 3 is 3.04 bits per heavy atom. The van der Waals surface area contributed by atoms with Gasteiger partial charge in [-0.3, -0.25) is 9.89 Å². The molecule has 2 aromatic carbocycles. The average Bonchev–Trinajstić information content (AvgIpc) is 3.06. The van der Waals surface area contributed by atoms with Crippen molar-refractivity contribution in [3.05, 3.63) is 53.7 Å². The SMILES string of the molecule is COc1cc(/C=C/C2CC(=O)Nc3cc4[nH]ncc4cc32)ccc1O. The number of H-pyrrole nitrogens is 1. The van der Waals surface area contributed by atoms with Crippen molar-refractivity contribution < 1.29 is 14.6 Å². The van der Waals surface area contributed by atoms with Gasteiger partial charge < -0.3 is 15.2 Å². The first-order chi connectivity index (χ1) is 12.1. The van der Waals surface area contributed by atoms with Gasteiger partial charge >= 0.3 is 0 Å². The Balaban J connectivity index is 1.70. The molecule has 6 heteroatoms. The molecule has 1 aromatic heterocycles. The Kier molecular flexibility index (Phi) is 3.65. The fraction of sp³-hybridized carbons (Fsp3) is 0.158. The van der Waals surface area contributed by atoms with Crippen molar-refractivity contribution in [3.8, 4) is 11.5 Å². The average molecular weight is 335 g/mol. The highest BCUT2D eigenvalue weighted by Gasteiger charge is 2.24. The highest BCUT2D eigenvalue weighted by molar-refractivity contribution is 5.98. The molecule has 25 heavy (non-hydrogen) atoms. The van der Waals surface area contributed by atoms with E-state index in [0.717, 1.165) is 27.7 Å². The van der Waals surface area contributed by atoms with E-state index in [1.54, 1.807) is 24.4 Å². The molecule has 0 spiro atoms. The summed E-state index contributed by atoms with van der Waals surface area (Å²) < 4.78 is 5.13. The number of nitrogens with zero attached hydrogens (tertiary/aromatic N) is 1. The molecule has 0 fully saturated rings. The van der Waals surface area contributed by atoms with Gasteiger partial charge in [-0.2, -0.15) is 5.10 Å². The molecule has 0 aliphatic carbocycles. The summed E-state index contributed by atoms with van der Waals surface area (Å²) in [4.78, 5) is 12.0. The van der Waals surface area contributed by atoms with E-state index >= 15 is 0 Å². The first kappa shape index (κ1) is 15.3. The van der Waals surface area contributed by atoms with Crippen molar-refractivity contribution in [3.63, 3.8) is 0 Å². The second-order valence-corrected chi connectivity index (χ2v) is 6.05. The number of ether oxygens (including phenoxy) is 1. The molecule has 2 heterocycles. The van der Waals surface area contributed by atoms with E-state index in [1.165, 1.54) is 7.11 Å². The minimum absolute atomic E-state index is 0.00991. The number of fused-ring (bicyclic) bond motifs is 2. The molecule has 0 saturated heterocycles. The second kappa shape index (κ2) is 5.98. The van der Waals surface area contributed by atoms with E-state index < -0.39 is 0 Å². The lowest BCUT2D eigenvalue weighted by Gasteiger charge is -2.23. The summed E-state index contributed by atoms with van der Waals surface area (Å²) >= 11 is 0. The number of amides is 1. The summed E-state index contributed by atoms with van der Waals surface area (Å²) in [5, 5.41) is 20.6. The summed E-state index contributed by atoms with van der Waals surface area (Å²) in [6.07, 6.45) is 6.11. The number of rotatable bonds is 3. The number of hydrogen-bond acceptors (Lipinski definition) is 4. The van der Waals surface area contributed by atoms with Crippen LogP contribution >= 0.6 is 0 Å². The highest BCUT2D eigenvalue weighted by atomic mass is 16.5. The summed E-state index contributed by atoms with van der Waals surface area (Å²) in [5.41, 5.74) is 3.67. The maximum absolute atomic E-state index is 12.0. The van der Waals surface area contributed by atoms with Crippen LogP contribution in [0.25, 0.3) is 17.0 Å².